The van der Waals surface area contributed by atoms with Crippen LogP contribution in [0.2, 0.25) is 0 Å². The minimum atomic E-state index is -4.57. The summed E-state index contributed by atoms with van der Waals surface area (Å²) in [5, 5.41) is 5.78. The van der Waals surface area contributed by atoms with Gasteiger partial charge in [-0.15, -0.1) is 0 Å². The summed E-state index contributed by atoms with van der Waals surface area (Å²) < 4.78 is 70.0. The first-order valence-corrected chi connectivity index (χ1v) is 11.5. The zero-order chi connectivity index (χ0) is 24.2. The molecule has 14 heteroatoms. The Hall–Kier alpha value is -2.97. The molecular weight excluding hydrogens is 529 g/mol. The third-order valence-corrected chi connectivity index (χ3v) is 6.38. The van der Waals surface area contributed by atoms with Crippen LogP contribution < -0.4 is 20.1 Å². The maximum Gasteiger partial charge on any atom is 0.422 e. The van der Waals surface area contributed by atoms with Crippen molar-refractivity contribution in [1.29, 1.82) is 0 Å². The Bertz CT molecular complexity index is 1260. The Balaban J connectivity index is 1.90. The number of hydrogen-bond acceptors (Lipinski definition) is 8. The summed E-state index contributed by atoms with van der Waals surface area (Å²) in [6.45, 7) is 0.266. The summed E-state index contributed by atoms with van der Waals surface area (Å²) in [5.74, 6) is 0.827. The van der Waals surface area contributed by atoms with E-state index in [9.17, 15) is 21.6 Å². The Morgan fingerprint density at radius 1 is 1.03 bits per heavy atom. The second-order valence-corrected chi connectivity index (χ2v) is 9.31. The van der Waals surface area contributed by atoms with Crippen LogP contribution in [0.15, 0.2) is 52.1 Å². The highest BCUT2D eigenvalue weighted by Crippen LogP contribution is 2.32. The number of ether oxygens (including phenoxy) is 1. The number of pyridine rings is 1. The first kappa shape index (κ1) is 24.7. The molecule has 0 saturated carbocycles. The molecular formula is C19H18BrF3N6O3S. The van der Waals surface area contributed by atoms with Crippen LogP contribution in [0.25, 0.3) is 0 Å². The fraction of sp³-hybridized carbons (Fsp3) is 0.211. The molecule has 3 N–H and O–H groups in total. The topological polar surface area (TPSA) is 118 Å². The summed E-state index contributed by atoms with van der Waals surface area (Å²) in [5.41, 5.74) is 0.722. The third-order valence-electron chi connectivity index (χ3n) is 4.13. The molecule has 0 unspecified atom stereocenters. The fourth-order valence-electron chi connectivity index (χ4n) is 2.55. The average Bonchev–Trinajstić information content (AvgIpc) is 2.75. The molecule has 0 fully saturated rings. The Labute approximate surface area is 196 Å². The van der Waals surface area contributed by atoms with Crippen LogP contribution in [0.5, 0.6) is 5.75 Å². The van der Waals surface area contributed by atoms with Crippen molar-refractivity contribution in [2.45, 2.75) is 18.0 Å². The van der Waals surface area contributed by atoms with Crippen molar-refractivity contribution >= 4 is 49.1 Å². The number of nitrogens with one attached hydrogen (secondary N) is 3. The van der Waals surface area contributed by atoms with Gasteiger partial charge in [0.25, 0.3) is 0 Å². The summed E-state index contributed by atoms with van der Waals surface area (Å²) in [6.07, 6.45) is -3.35. The van der Waals surface area contributed by atoms with Gasteiger partial charge >= 0.3 is 6.18 Å². The minimum absolute atomic E-state index is 0.0298. The van der Waals surface area contributed by atoms with Gasteiger partial charge in [0, 0.05) is 10.5 Å². The number of aromatic nitrogens is 3. The quantitative estimate of drug-likeness (QED) is 0.383. The van der Waals surface area contributed by atoms with E-state index in [4.69, 9.17) is 4.74 Å². The largest absolute Gasteiger partial charge is 0.482 e. The van der Waals surface area contributed by atoms with Crippen molar-refractivity contribution < 1.29 is 26.3 Å². The summed E-state index contributed by atoms with van der Waals surface area (Å²) in [6, 6.07) is 8.42. The second-order valence-electron chi connectivity index (χ2n) is 6.57. The summed E-state index contributed by atoms with van der Waals surface area (Å²) in [4.78, 5) is 12.3. The van der Waals surface area contributed by atoms with Crippen LogP contribution in [0, 0.1) is 6.92 Å². The van der Waals surface area contributed by atoms with Crippen molar-refractivity contribution in [3.8, 4) is 5.75 Å². The maximum absolute atomic E-state index is 12.6. The molecule has 0 spiro atoms. The standard InChI is InChI=1S/C19H18BrF3N6O3S/c1-11-13(20)4-6-16(27-11)29-18-8-17(25-10-26-18)28-14-7-12(33(30,31)24-2)3-5-15(14)32-9-19(21,22)23/h3-8,10,24H,9H2,1-2H3,(H2,25,26,27,28,29). The Morgan fingerprint density at radius 3 is 2.36 bits per heavy atom. The van der Waals surface area contributed by atoms with Crippen LogP contribution in [0.3, 0.4) is 0 Å². The smallest absolute Gasteiger partial charge is 0.422 e. The molecule has 0 aliphatic rings. The van der Waals surface area contributed by atoms with Crippen molar-refractivity contribution in [3.05, 3.63) is 52.9 Å². The lowest BCUT2D eigenvalue weighted by Crippen LogP contribution is -2.20. The third kappa shape index (κ3) is 6.76. The van der Waals surface area contributed by atoms with Gasteiger partial charge in [-0.25, -0.2) is 28.1 Å². The molecule has 0 atom stereocenters. The highest BCUT2D eigenvalue weighted by Gasteiger charge is 2.29. The highest BCUT2D eigenvalue weighted by molar-refractivity contribution is 9.10. The molecule has 0 saturated heterocycles. The SMILES string of the molecule is CNS(=O)(=O)c1ccc(OCC(F)(F)F)c(Nc2cc(Nc3ccc(Br)c(C)n3)ncn2)c1. The van der Waals surface area contributed by atoms with Gasteiger partial charge in [-0.05, 0) is 60.2 Å². The van der Waals surface area contributed by atoms with Crippen molar-refractivity contribution in [2.75, 3.05) is 24.3 Å². The lowest BCUT2D eigenvalue weighted by atomic mass is 10.3. The number of rotatable bonds is 8. The monoisotopic (exact) mass is 546 g/mol. The van der Waals surface area contributed by atoms with Crippen LogP contribution in [0.1, 0.15) is 5.69 Å². The van der Waals surface area contributed by atoms with E-state index in [2.05, 4.69) is 46.2 Å². The van der Waals surface area contributed by atoms with Gasteiger partial charge in [0.1, 0.15) is 29.5 Å². The van der Waals surface area contributed by atoms with E-state index in [1.54, 1.807) is 6.07 Å². The van der Waals surface area contributed by atoms with E-state index in [-0.39, 0.29) is 22.2 Å². The average molecular weight is 547 g/mol. The number of hydrogen-bond donors (Lipinski definition) is 3. The molecule has 2 heterocycles. The molecule has 176 valence electrons. The molecule has 0 radical (unpaired) electrons. The van der Waals surface area contributed by atoms with Gasteiger partial charge in [-0.3, -0.25) is 0 Å². The highest BCUT2D eigenvalue weighted by atomic mass is 79.9. The molecule has 3 aromatic rings. The van der Waals surface area contributed by atoms with Crippen molar-refractivity contribution in [1.82, 2.24) is 19.7 Å². The number of halogens is 4. The molecule has 33 heavy (non-hydrogen) atoms. The van der Waals surface area contributed by atoms with Gasteiger partial charge in [-0.1, -0.05) is 0 Å². The zero-order valence-electron chi connectivity index (χ0n) is 17.2. The Morgan fingerprint density at radius 2 is 1.73 bits per heavy atom. The summed E-state index contributed by atoms with van der Waals surface area (Å²) in [7, 11) is -2.64. The van der Waals surface area contributed by atoms with Gasteiger partial charge in [0.2, 0.25) is 10.0 Å². The number of alkyl halides is 3. The van der Waals surface area contributed by atoms with Crippen LogP contribution in [-0.4, -0.2) is 43.2 Å². The van der Waals surface area contributed by atoms with Crippen LogP contribution >= 0.6 is 15.9 Å². The predicted octanol–water partition coefficient (Wildman–Crippen LogP) is 4.28. The normalized spacial score (nSPS) is 11.8. The second kappa shape index (κ2) is 9.89. The minimum Gasteiger partial charge on any atom is -0.482 e. The number of benzene rings is 1. The predicted molar refractivity (Wildman–Crippen MR) is 120 cm³/mol. The Kier molecular flexibility index (Phi) is 7.39. The van der Waals surface area contributed by atoms with Gasteiger partial charge in [0.05, 0.1) is 16.3 Å². The lowest BCUT2D eigenvalue weighted by Gasteiger charge is -2.16. The van der Waals surface area contributed by atoms with Crippen molar-refractivity contribution in [3.63, 3.8) is 0 Å². The molecule has 0 aliphatic carbocycles. The van der Waals surface area contributed by atoms with Crippen LogP contribution in [0.4, 0.5) is 36.3 Å². The molecule has 1 aromatic carbocycles. The molecule has 2 aromatic heterocycles. The van der Waals surface area contributed by atoms with E-state index in [0.717, 1.165) is 28.4 Å². The zero-order valence-corrected chi connectivity index (χ0v) is 19.6. The molecule has 3 rings (SSSR count). The number of nitrogens with zero attached hydrogens (tertiary/aromatic N) is 3. The van der Waals surface area contributed by atoms with E-state index in [1.165, 1.54) is 19.4 Å². The number of anilines is 4. The van der Waals surface area contributed by atoms with E-state index in [0.29, 0.717) is 11.6 Å². The van der Waals surface area contributed by atoms with E-state index >= 15 is 0 Å². The van der Waals surface area contributed by atoms with Crippen LogP contribution in [-0.2, 0) is 10.0 Å². The van der Waals surface area contributed by atoms with E-state index < -0.39 is 22.8 Å². The fourth-order valence-corrected chi connectivity index (χ4v) is 3.53. The first-order chi connectivity index (χ1) is 15.5. The molecule has 0 bridgehead atoms. The molecule has 9 nitrogen and oxygen atoms in total. The van der Waals surface area contributed by atoms with Crippen molar-refractivity contribution in [2.24, 2.45) is 0 Å². The van der Waals surface area contributed by atoms with E-state index in [1.807, 2.05) is 13.0 Å². The number of aryl methyl sites for hydroxylation is 1. The van der Waals surface area contributed by atoms with Gasteiger partial charge < -0.3 is 15.4 Å². The first-order valence-electron chi connectivity index (χ1n) is 9.23. The van der Waals surface area contributed by atoms with Gasteiger partial charge in [0.15, 0.2) is 6.61 Å². The lowest BCUT2D eigenvalue weighted by molar-refractivity contribution is -0.153. The van der Waals surface area contributed by atoms with Gasteiger partial charge in [-0.2, -0.15) is 13.2 Å². The number of sulfonamides is 1. The molecule has 0 aliphatic heterocycles. The molecule has 0 amide bonds. The summed E-state index contributed by atoms with van der Waals surface area (Å²) >= 11 is 3.36. The maximum atomic E-state index is 12.6.